The molecule has 4 aliphatic rings. The number of ether oxygens (including phenoxy) is 2. The van der Waals surface area contributed by atoms with E-state index in [4.69, 9.17) is 19.4 Å². The van der Waals surface area contributed by atoms with Crippen molar-refractivity contribution in [2.45, 2.75) is 110 Å². The number of hydrogen-bond acceptors (Lipinski definition) is 8. The Bertz CT molecular complexity index is 2620. The maximum absolute atomic E-state index is 14.0. The van der Waals surface area contributed by atoms with E-state index < -0.39 is 24.3 Å². The molecule has 4 bridgehead atoms. The molecule has 0 radical (unpaired) electrons. The topological polar surface area (TPSA) is 175 Å². The Morgan fingerprint density at radius 3 is 1.24 bits per heavy atom. The SMILES string of the molecule is C.COC(=O)N[C@H](C(=O)N1[C@@H]2CC[C@@H](C2)[C@H]1c1nc2ccc(-c3ccc(-c4ccc(-c5ccc6nc([C@@H]7[C@H]8CC[C@H](C8)N7C(=O)[C@@H](NC(=O)OC)C(C)C)[nH]c6c5)cc4)cc3)cc2[nH]1)C(C)C. The Morgan fingerprint density at radius 2 is 0.896 bits per heavy atom. The molecule has 10 rings (SSSR count). The van der Waals surface area contributed by atoms with Gasteiger partial charge in [0.2, 0.25) is 11.8 Å². The Labute approximate surface area is 391 Å². The number of rotatable bonds is 11. The molecular weight excluding hydrogens is 845 g/mol. The van der Waals surface area contributed by atoms with E-state index in [0.29, 0.717) is 11.8 Å². The number of nitrogens with zero attached hydrogens (tertiary/aromatic N) is 4. The van der Waals surface area contributed by atoms with E-state index in [9.17, 15) is 19.2 Å². The summed E-state index contributed by atoms with van der Waals surface area (Å²) in [5.41, 5.74) is 10.1. The first-order valence-corrected chi connectivity index (χ1v) is 23.4. The molecule has 0 unspecified atom stereocenters. The number of carbonyl (C=O) groups excluding carboxylic acids is 4. The van der Waals surface area contributed by atoms with Crippen LogP contribution in [-0.2, 0) is 19.1 Å². The van der Waals surface area contributed by atoms with Gasteiger partial charge in [-0.25, -0.2) is 19.6 Å². The molecular formula is C53H62N8O6. The minimum atomic E-state index is -0.683. The molecule has 2 aliphatic carbocycles. The number of fused-ring (bicyclic) bond motifs is 6. The van der Waals surface area contributed by atoms with E-state index in [0.717, 1.165) is 106 Å². The van der Waals surface area contributed by atoms with Gasteiger partial charge in [-0.2, -0.15) is 0 Å². The van der Waals surface area contributed by atoms with Gasteiger partial charge >= 0.3 is 12.2 Å². The third-order valence-electron chi connectivity index (χ3n) is 14.8. The summed E-state index contributed by atoms with van der Waals surface area (Å²) in [6.45, 7) is 7.74. The molecule has 4 aromatic carbocycles. The first-order chi connectivity index (χ1) is 31.9. The molecule has 2 saturated heterocycles. The molecule has 8 atom stereocenters. The highest BCUT2D eigenvalue weighted by atomic mass is 16.5. The standard InChI is InChI=1S/C52H58N8O6.CH4/c1-27(2)43(57-51(63)65-5)49(61)59-37-19-15-35(23-37)45(59)47-53-39-21-17-33(25-41(39)55-47)31-11-7-29(8-12-31)30-9-13-32(14-10-30)34-18-22-40-42(26-34)56-48(54-40)46-36-16-20-38(24-36)60(46)50(62)44(28(3)4)58-52(64)66-6;/h7-14,17-18,21-22,25-28,35-38,43-46H,15-16,19-20,23-24H2,1-6H3,(H,53,55)(H,54,56)(H,57,63)(H,58,64);1H4/t35-,36-,37+,38+,43-,44-,45-,46-;/m0./s1. The Kier molecular flexibility index (Phi) is 12.3. The molecule has 0 spiro atoms. The third-order valence-corrected chi connectivity index (χ3v) is 14.8. The zero-order chi connectivity index (χ0) is 46.0. The van der Waals surface area contributed by atoms with Crippen LogP contribution in [0.15, 0.2) is 84.9 Å². The molecule has 6 aromatic rings. The number of aromatic amines is 2. The molecule has 14 nitrogen and oxygen atoms in total. The fourth-order valence-electron chi connectivity index (χ4n) is 11.4. The highest BCUT2D eigenvalue weighted by Crippen LogP contribution is 2.51. The number of amides is 4. The minimum absolute atomic E-state index is 0. The zero-order valence-electron chi connectivity index (χ0n) is 38.3. The minimum Gasteiger partial charge on any atom is -0.453 e. The van der Waals surface area contributed by atoms with Crippen LogP contribution in [0.4, 0.5) is 9.59 Å². The smallest absolute Gasteiger partial charge is 0.407 e. The van der Waals surface area contributed by atoms with Gasteiger partial charge < -0.3 is 39.9 Å². The van der Waals surface area contributed by atoms with Gasteiger partial charge in [-0.3, -0.25) is 9.59 Å². The highest BCUT2D eigenvalue weighted by Gasteiger charge is 2.53. The van der Waals surface area contributed by atoms with Crippen molar-refractivity contribution in [3.05, 3.63) is 96.6 Å². The van der Waals surface area contributed by atoms with Crippen molar-refractivity contribution in [1.29, 1.82) is 0 Å². The van der Waals surface area contributed by atoms with Gasteiger partial charge in [-0.05, 0) is 120 Å². The van der Waals surface area contributed by atoms with Crippen LogP contribution in [0.3, 0.4) is 0 Å². The Morgan fingerprint density at radius 1 is 0.552 bits per heavy atom. The molecule has 4 heterocycles. The van der Waals surface area contributed by atoms with Gasteiger partial charge in [0.15, 0.2) is 0 Å². The average molecular weight is 907 g/mol. The fraction of sp³-hybridized carbons (Fsp3) is 0.434. The number of benzene rings is 4. The van der Waals surface area contributed by atoms with Crippen molar-refractivity contribution in [3.63, 3.8) is 0 Å². The van der Waals surface area contributed by atoms with Crippen molar-refractivity contribution in [2.75, 3.05) is 14.2 Å². The number of aromatic nitrogens is 4. The lowest BCUT2D eigenvalue weighted by Gasteiger charge is -2.37. The summed E-state index contributed by atoms with van der Waals surface area (Å²) in [6.07, 6.45) is 4.65. The summed E-state index contributed by atoms with van der Waals surface area (Å²) in [4.78, 5) is 73.6. The predicted octanol–water partition coefficient (Wildman–Crippen LogP) is 9.94. The van der Waals surface area contributed by atoms with E-state index in [2.05, 4.69) is 93.4 Å². The largest absolute Gasteiger partial charge is 0.453 e. The number of carbonyl (C=O) groups is 4. The lowest BCUT2D eigenvalue weighted by molar-refractivity contribution is -0.140. The van der Waals surface area contributed by atoms with Crippen molar-refractivity contribution >= 4 is 46.1 Å². The second-order valence-corrected chi connectivity index (χ2v) is 19.4. The number of hydrogen-bond donors (Lipinski definition) is 4. The lowest BCUT2D eigenvalue weighted by Crippen LogP contribution is -2.54. The monoisotopic (exact) mass is 906 g/mol. The number of H-pyrrole nitrogens is 2. The van der Waals surface area contributed by atoms with Gasteiger partial charge in [-0.1, -0.05) is 95.8 Å². The van der Waals surface area contributed by atoms with Crippen LogP contribution in [-0.4, -0.2) is 92.1 Å². The van der Waals surface area contributed by atoms with E-state index in [1.807, 2.05) is 49.6 Å². The summed E-state index contributed by atoms with van der Waals surface area (Å²) >= 11 is 0. The van der Waals surface area contributed by atoms with Crippen LogP contribution in [0, 0.1) is 23.7 Å². The summed E-state index contributed by atoms with van der Waals surface area (Å²) in [5, 5.41) is 5.55. The van der Waals surface area contributed by atoms with Crippen molar-refractivity contribution in [2.24, 2.45) is 23.7 Å². The second-order valence-electron chi connectivity index (χ2n) is 19.4. The molecule has 4 N–H and O–H groups in total. The number of imidazole rings is 2. The van der Waals surface area contributed by atoms with Gasteiger partial charge in [0.25, 0.3) is 0 Å². The van der Waals surface area contributed by atoms with Crippen molar-refractivity contribution in [3.8, 4) is 33.4 Å². The third kappa shape index (κ3) is 8.28. The fourth-order valence-corrected chi connectivity index (χ4v) is 11.4. The van der Waals surface area contributed by atoms with Crippen LogP contribution in [0.1, 0.15) is 97.4 Å². The van der Waals surface area contributed by atoms with Crippen molar-refractivity contribution in [1.82, 2.24) is 40.4 Å². The van der Waals surface area contributed by atoms with Gasteiger partial charge in [0.1, 0.15) is 23.7 Å². The zero-order valence-corrected chi connectivity index (χ0v) is 38.3. The molecule has 2 saturated carbocycles. The molecule has 4 fully saturated rings. The number of likely N-dealkylation sites (tertiary alicyclic amines) is 2. The summed E-state index contributed by atoms with van der Waals surface area (Å²) < 4.78 is 9.69. The molecule has 2 aromatic heterocycles. The highest BCUT2D eigenvalue weighted by molar-refractivity contribution is 5.89. The van der Waals surface area contributed by atoms with E-state index in [-0.39, 0.29) is 55.2 Å². The average Bonchev–Trinajstić information content (AvgIpc) is 4.21. The quantitative estimate of drug-likeness (QED) is 0.0994. The van der Waals surface area contributed by atoms with Crippen LogP contribution in [0.2, 0.25) is 0 Å². The van der Waals surface area contributed by atoms with Gasteiger partial charge in [0, 0.05) is 12.1 Å². The number of alkyl carbamates (subject to hydrolysis) is 2. The first kappa shape index (κ1) is 45.5. The van der Waals surface area contributed by atoms with E-state index in [1.165, 1.54) is 14.2 Å². The van der Waals surface area contributed by atoms with E-state index >= 15 is 0 Å². The van der Waals surface area contributed by atoms with Gasteiger partial charge in [-0.15, -0.1) is 0 Å². The van der Waals surface area contributed by atoms with E-state index in [1.54, 1.807) is 0 Å². The summed E-state index contributed by atoms with van der Waals surface area (Å²) in [6, 6.07) is 28.2. The molecule has 350 valence electrons. The van der Waals surface area contributed by atoms with Gasteiger partial charge in [0.05, 0.1) is 48.4 Å². The number of methoxy groups -OCH3 is 2. The molecule has 14 heteroatoms. The van der Waals surface area contributed by atoms with Crippen LogP contribution < -0.4 is 10.6 Å². The second kappa shape index (κ2) is 18.2. The van der Waals surface area contributed by atoms with Crippen molar-refractivity contribution < 1.29 is 28.7 Å². The maximum atomic E-state index is 14.0. The molecule has 4 amide bonds. The number of nitrogens with one attached hydrogen (secondary N) is 4. The first-order valence-electron chi connectivity index (χ1n) is 23.4. The predicted molar refractivity (Wildman–Crippen MR) is 259 cm³/mol. The maximum Gasteiger partial charge on any atom is 0.407 e. The van der Waals surface area contributed by atoms with Crippen LogP contribution >= 0.6 is 0 Å². The Hall–Kier alpha value is -6.70. The summed E-state index contributed by atoms with van der Waals surface area (Å²) in [7, 11) is 2.63. The van der Waals surface area contributed by atoms with Crippen LogP contribution in [0.25, 0.3) is 55.4 Å². The van der Waals surface area contributed by atoms with Crippen LogP contribution in [0.5, 0.6) is 0 Å². The summed E-state index contributed by atoms with van der Waals surface area (Å²) in [5.74, 6) is 1.83. The molecule has 67 heavy (non-hydrogen) atoms. The number of piperidine rings is 2. The normalized spacial score (nSPS) is 22.6. The molecule has 2 aliphatic heterocycles. The Balaban J connectivity index is 0.00000562. The lowest BCUT2D eigenvalue weighted by atomic mass is 9.95.